The summed E-state index contributed by atoms with van der Waals surface area (Å²) in [6, 6.07) is 1.93. The van der Waals surface area contributed by atoms with Crippen LogP contribution in [0.4, 0.5) is 5.95 Å². The number of rotatable bonds is 4. The molecular weight excluding hydrogens is 254 g/mol. The number of hydrogen-bond acceptors (Lipinski definition) is 5. The first kappa shape index (κ1) is 13.2. The van der Waals surface area contributed by atoms with Crippen molar-refractivity contribution in [1.29, 1.82) is 0 Å². The Morgan fingerprint density at radius 3 is 3.20 bits per heavy atom. The Hall–Kier alpha value is -1.82. The molecule has 6 heteroatoms. The molecule has 2 aromatic heterocycles. The quantitative estimate of drug-likeness (QED) is 0.890. The van der Waals surface area contributed by atoms with Gasteiger partial charge in [0.1, 0.15) is 0 Å². The molecule has 1 unspecified atom stereocenters. The van der Waals surface area contributed by atoms with Crippen molar-refractivity contribution in [2.24, 2.45) is 5.92 Å². The van der Waals surface area contributed by atoms with E-state index in [1.165, 1.54) is 12.8 Å². The third-order valence-corrected chi connectivity index (χ3v) is 3.85. The maximum Gasteiger partial charge on any atom is 0.245 e. The normalized spacial score (nSPS) is 19.5. The van der Waals surface area contributed by atoms with Gasteiger partial charge in [-0.3, -0.25) is 5.10 Å². The summed E-state index contributed by atoms with van der Waals surface area (Å²) in [5, 5.41) is 10.6. The maximum atomic E-state index is 5.45. The number of aryl methyl sites for hydroxylation is 1. The molecule has 1 aliphatic rings. The highest BCUT2D eigenvalue weighted by Crippen LogP contribution is 2.24. The van der Waals surface area contributed by atoms with Gasteiger partial charge in [0.05, 0.1) is 6.26 Å². The highest BCUT2D eigenvalue weighted by Gasteiger charge is 2.23. The van der Waals surface area contributed by atoms with Crippen LogP contribution in [0.1, 0.15) is 18.4 Å². The molecule has 1 atom stereocenters. The smallest absolute Gasteiger partial charge is 0.245 e. The predicted molar refractivity (Wildman–Crippen MR) is 77.7 cm³/mol. The molecule has 0 bridgehead atoms. The van der Waals surface area contributed by atoms with Crippen LogP contribution in [0.2, 0.25) is 0 Å². The summed E-state index contributed by atoms with van der Waals surface area (Å²) in [5.74, 6) is 2.92. The highest BCUT2D eigenvalue weighted by molar-refractivity contribution is 5.53. The van der Waals surface area contributed by atoms with Crippen LogP contribution in [-0.2, 0) is 0 Å². The first-order valence-electron chi connectivity index (χ1n) is 7.14. The van der Waals surface area contributed by atoms with Crippen LogP contribution >= 0.6 is 0 Å². The van der Waals surface area contributed by atoms with Crippen LogP contribution in [0.25, 0.3) is 11.6 Å². The number of hydrogen-bond donors (Lipinski definition) is 2. The SMILES string of the molecule is CNCC1CCCN(c2n[nH]c(-c3occc3C)n2)C1. The minimum absolute atomic E-state index is 0.668. The first-order chi connectivity index (χ1) is 9.78. The standard InChI is InChI=1S/C14H21N5O/c1-10-5-7-20-12(10)13-16-14(18-17-13)19-6-3-4-11(9-19)8-15-2/h5,7,11,15H,3-4,6,8-9H2,1-2H3,(H,16,17,18). The number of nitrogens with one attached hydrogen (secondary N) is 2. The zero-order chi connectivity index (χ0) is 13.9. The van der Waals surface area contributed by atoms with Crippen LogP contribution in [0, 0.1) is 12.8 Å². The van der Waals surface area contributed by atoms with Crippen molar-refractivity contribution in [2.75, 3.05) is 31.6 Å². The van der Waals surface area contributed by atoms with Gasteiger partial charge >= 0.3 is 0 Å². The molecule has 6 nitrogen and oxygen atoms in total. The van der Waals surface area contributed by atoms with E-state index in [0.29, 0.717) is 11.7 Å². The van der Waals surface area contributed by atoms with Crippen molar-refractivity contribution >= 4 is 5.95 Å². The lowest BCUT2D eigenvalue weighted by Gasteiger charge is -2.31. The van der Waals surface area contributed by atoms with Crippen molar-refractivity contribution in [3.05, 3.63) is 17.9 Å². The molecule has 1 fully saturated rings. The maximum absolute atomic E-state index is 5.45. The predicted octanol–water partition coefficient (Wildman–Crippen LogP) is 1.81. The van der Waals surface area contributed by atoms with Gasteiger partial charge in [-0.15, -0.1) is 5.10 Å². The number of H-pyrrole nitrogens is 1. The van der Waals surface area contributed by atoms with Gasteiger partial charge < -0.3 is 14.6 Å². The number of anilines is 1. The Bertz CT molecular complexity index is 559. The van der Waals surface area contributed by atoms with Crippen LogP contribution < -0.4 is 10.2 Å². The number of aromatic nitrogens is 3. The van der Waals surface area contributed by atoms with Crippen LogP contribution in [0.5, 0.6) is 0 Å². The van der Waals surface area contributed by atoms with E-state index in [9.17, 15) is 0 Å². The topological polar surface area (TPSA) is 70.0 Å². The molecule has 2 N–H and O–H groups in total. The third-order valence-electron chi connectivity index (χ3n) is 3.85. The van der Waals surface area contributed by atoms with E-state index in [4.69, 9.17) is 4.42 Å². The molecule has 0 radical (unpaired) electrons. The second kappa shape index (κ2) is 5.66. The second-order valence-corrected chi connectivity index (χ2v) is 5.43. The minimum atomic E-state index is 0.668. The van der Waals surface area contributed by atoms with E-state index >= 15 is 0 Å². The fourth-order valence-corrected chi connectivity index (χ4v) is 2.81. The molecule has 2 aromatic rings. The summed E-state index contributed by atoms with van der Waals surface area (Å²) in [5.41, 5.74) is 1.07. The summed E-state index contributed by atoms with van der Waals surface area (Å²) in [7, 11) is 2.00. The summed E-state index contributed by atoms with van der Waals surface area (Å²) < 4.78 is 5.45. The van der Waals surface area contributed by atoms with Crippen LogP contribution in [-0.4, -0.2) is 41.9 Å². The van der Waals surface area contributed by atoms with E-state index in [1.807, 2.05) is 20.0 Å². The molecule has 3 heterocycles. The average molecular weight is 275 g/mol. The summed E-state index contributed by atoms with van der Waals surface area (Å²) >= 11 is 0. The van der Waals surface area contributed by atoms with Crippen molar-refractivity contribution in [3.63, 3.8) is 0 Å². The van der Waals surface area contributed by atoms with Gasteiger partial charge in [0.15, 0.2) is 11.6 Å². The van der Waals surface area contributed by atoms with Crippen molar-refractivity contribution in [2.45, 2.75) is 19.8 Å². The largest absolute Gasteiger partial charge is 0.461 e. The van der Waals surface area contributed by atoms with Gasteiger partial charge in [-0.25, -0.2) is 0 Å². The molecular formula is C14H21N5O. The fraction of sp³-hybridized carbons (Fsp3) is 0.571. The van der Waals surface area contributed by atoms with E-state index in [-0.39, 0.29) is 0 Å². The summed E-state index contributed by atoms with van der Waals surface area (Å²) in [4.78, 5) is 6.83. The molecule has 0 amide bonds. The van der Waals surface area contributed by atoms with Gasteiger partial charge in [0.25, 0.3) is 0 Å². The zero-order valence-electron chi connectivity index (χ0n) is 12.0. The zero-order valence-corrected chi connectivity index (χ0v) is 12.0. The summed E-state index contributed by atoms with van der Waals surface area (Å²) in [6.45, 7) is 5.08. The second-order valence-electron chi connectivity index (χ2n) is 5.43. The Balaban J connectivity index is 1.75. The number of piperidine rings is 1. The van der Waals surface area contributed by atoms with E-state index in [0.717, 1.165) is 36.9 Å². The lowest BCUT2D eigenvalue weighted by molar-refractivity contribution is 0.399. The van der Waals surface area contributed by atoms with Crippen molar-refractivity contribution < 1.29 is 4.42 Å². The molecule has 108 valence electrons. The van der Waals surface area contributed by atoms with Gasteiger partial charge in [-0.05, 0) is 50.9 Å². The van der Waals surface area contributed by atoms with Crippen LogP contribution in [0.15, 0.2) is 16.7 Å². The highest BCUT2D eigenvalue weighted by atomic mass is 16.3. The average Bonchev–Trinajstić information content (AvgIpc) is 3.08. The van der Waals surface area contributed by atoms with Gasteiger partial charge in [-0.2, -0.15) is 4.98 Å². The molecule has 0 spiro atoms. The molecule has 0 aliphatic carbocycles. The third kappa shape index (κ3) is 2.56. The molecule has 1 saturated heterocycles. The van der Waals surface area contributed by atoms with Crippen LogP contribution in [0.3, 0.4) is 0 Å². The first-order valence-corrected chi connectivity index (χ1v) is 7.14. The van der Waals surface area contributed by atoms with Crippen molar-refractivity contribution in [1.82, 2.24) is 20.5 Å². The van der Waals surface area contributed by atoms with E-state index < -0.39 is 0 Å². The lowest BCUT2D eigenvalue weighted by Crippen LogP contribution is -2.39. The Kier molecular flexibility index (Phi) is 3.73. The molecule has 0 aromatic carbocycles. The molecule has 1 aliphatic heterocycles. The molecule has 20 heavy (non-hydrogen) atoms. The monoisotopic (exact) mass is 275 g/mol. The van der Waals surface area contributed by atoms with E-state index in [1.54, 1.807) is 6.26 Å². The van der Waals surface area contributed by atoms with E-state index in [2.05, 4.69) is 25.4 Å². The van der Waals surface area contributed by atoms with Gasteiger partial charge in [0, 0.05) is 13.1 Å². The van der Waals surface area contributed by atoms with Gasteiger partial charge in [-0.1, -0.05) is 0 Å². The Morgan fingerprint density at radius 1 is 1.55 bits per heavy atom. The fourth-order valence-electron chi connectivity index (χ4n) is 2.81. The molecule has 0 saturated carbocycles. The number of nitrogens with zero attached hydrogens (tertiary/aromatic N) is 3. The van der Waals surface area contributed by atoms with Gasteiger partial charge in [0.2, 0.25) is 5.95 Å². The lowest BCUT2D eigenvalue weighted by atomic mass is 9.98. The Labute approximate surface area is 118 Å². The number of furan rings is 1. The number of aromatic amines is 1. The van der Waals surface area contributed by atoms with Crippen molar-refractivity contribution in [3.8, 4) is 11.6 Å². The minimum Gasteiger partial charge on any atom is -0.461 e. The summed E-state index contributed by atoms with van der Waals surface area (Å²) in [6.07, 6.45) is 4.14. The Morgan fingerprint density at radius 2 is 2.45 bits per heavy atom. The molecule has 3 rings (SSSR count).